The first kappa shape index (κ1) is 10.5. The molecule has 5 heteroatoms. The lowest BCUT2D eigenvalue weighted by molar-refractivity contribution is -0.0524. The van der Waals surface area contributed by atoms with Gasteiger partial charge < -0.3 is 4.74 Å². The van der Waals surface area contributed by atoms with E-state index in [2.05, 4.69) is 14.7 Å². The first-order valence-electron chi connectivity index (χ1n) is 4.57. The molecule has 2 heterocycles. The highest BCUT2D eigenvalue weighted by atomic mass is 19.3. The fourth-order valence-electron chi connectivity index (χ4n) is 1.32. The van der Waals surface area contributed by atoms with E-state index >= 15 is 0 Å². The predicted molar refractivity (Wildman–Crippen MR) is 54.1 cm³/mol. The number of pyridine rings is 2. The first-order chi connectivity index (χ1) is 7.77. The zero-order chi connectivity index (χ0) is 11.4. The summed E-state index contributed by atoms with van der Waals surface area (Å²) in [5, 5.41) is 0. The lowest BCUT2D eigenvalue weighted by Crippen LogP contribution is -2.04. The van der Waals surface area contributed by atoms with E-state index in [1.165, 1.54) is 6.20 Å². The van der Waals surface area contributed by atoms with Crippen molar-refractivity contribution in [2.45, 2.75) is 6.61 Å². The van der Waals surface area contributed by atoms with Gasteiger partial charge in [0.15, 0.2) is 0 Å². The van der Waals surface area contributed by atoms with Gasteiger partial charge in [-0.2, -0.15) is 8.78 Å². The van der Waals surface area contributed by atoms with Crippen molar-refractivity contribution in [2.75, 3.05) is 0 Å². The number of rotatable bonds is 3. The molecule has 82 valence electrons. The van der Waals surface area contributed by atoms with Crippen LogP contribution in [0.3, 0.4) is 0 Å². The maximum absolute atomic E-state index is 12.1. The van der Waals surface area contributed by atoms with Crippen LogP contribution in [-0.4, -0.2) is 16.6 Å². The van der Waals surface area contributed by atoms with Crippen molar-refractivity contribution >= 4 is 0 Å². The highest BCUT2D eigenvalue weighted by molar-refractivity contribution is 5.67. The molecule has 0 bridgehead atoms. The number of nitrogens with zero attached hydrogens (tertiary/aromatic N) is 2. The van der Waals surface area contributed by atoms with E-state index < -0.39 is 6.61 Å². The number of hydrogen-bond acceptors (Lipinski definition) is 3. The maximum atomic E-state index is 12.1. The molecule has 0 aromatic carbocycles. The smallest absolute Gasteiger partial charge is 0.388 e. The highest BCUT2D eigenvalue weighted by Crippen LogP contribution is 2.27. The summed E-state index contributed by atoms with van der Waals surface area (Å²) in [6, 6.07) is 6.73. The summed E-state index contributed by atoms with van der Waals surface area (Å²) < 4.78 is 28.6. The molecule has 0 radical (unpaired) electrons. The minimum absolute atomic E-state index is 0.0799. The molecule has 0 unspecified atom stereocenters. The Kier molecular flexibility index (Phi) is 3.05. The quantitative estimate of drug-likeness (QED) is 0.800. The van der Waals surface area contributed by atoms with Gasteiger partial charge in [-0.1, -0.05) is 0 Å². The van der Waals surface area contributed by atoms with Crippen LogP contribution in [0.15, 0.2) is 42.9 Å². The van der Waals surface area contributed by atoms with Gasteiger partial charge in [-0.25, -0.2) is 4.98 Å². The predicted octanol–water partition coefficient (Wildman–Crippen LogP) is 2.75. The Bertz CT molecular complexity index is 463. The van der Waals surface area contributed by atoms with Gasteiger partial charge in [0.2, 0.25) is 5.88 Å². The lowest BCUT2D eigenvalue weighted by Gasteiger charge is -2.08. The second-order valence-corrected chi connectivity index (χ2v) is 2.97. The van der Waals surface area contributed by atoms with Crippen molar-refractivity contribution < 1.29 is 13.5 Å². The van der Waals surface area contributed by atoms with Crippen LogP contribution in [0, 0.1) is 0 Å². The van der Waals surface area contributed by atoms with Gasteiger partial charge in [0.1, 0.15) is 0 Å². The van der Waals surface area contributed by atoms with Crippen molar-refractivity contribution in [1.82, 2.24) is 9.97 Å². The first-order valence-corrected chi connectivity index (χ1v) is 4.57. The molecular weight excluding hydrogens is 214 g/mol. The maximum Gasteiger partial charge on any atom is 0.388 e. The van der Waals surface area contributed by atoms with E-state index in [9.17, 15) is 8.78 Å². The van der Waals surface area contributed by atoms with Crippen molar-refractivity contribution in [1.29, 1.82) is 0 Å². The topological polar surface area (TPSA) is 35.0 Å². The molecule has 0 aliphatic heterocycles. The van der Waals surface area contributed by atoms with Crippen LogP contribution in [0.4, 0.5) is 8.78 Å². The average Bonchev–Trinajstić information content (AvgIpc) is 2.30. The van der Waals surface area contributed by atoms with Gasteiger partial charge in [-0.3, -0.25) is 4.98 Å². The molecule has 0 spiro atoms. The summed E-state index contributed by atoms with van der Waals surface area (Å²) in [6.07, 6.45) is 4.56. The molecule has 0 amide bonds. The standard InChI is InChI=1S/C11H8F2N2O/c12-11(13)16-10-9(2-1-5-15-10)8-3-6-14-7-4-8/h1-7,11H. The number of alkyl halides is 2. The van der Waals surface area contributed by atoms with Crippen molar-refractivity contribution in [3.63, 3.8) is 0 Å². The number of halogens is 2. The summed E-state index contributed by atoms with van der Waals surface area (Å²) in [7, 11) is 0. The Hall–Kier alpha value is -2.04. The molecule has 0 N–H and O–H groups in total. The third kappa shape index (κ3) is 2.31. The Labute approximate surface area is 90.7 Å². The molecule has 2 aromatic rings. The molecule has 0 aliphatic rings. The molecule has 0 atom stereocenters. The summed E-state index contributed by atoms with van der Waals surface area (Å²) in [4.78, 5) is 7.62. The molecule has 2 aromatic heterocycles. The van der Waals surface area contributed by atoms with E-state index in [0.717, 1.165) is 5.56 Å². The van der Waals surface area contributed by atoms with Crippen molar-refractivity contribution in [3.8, 4) is 17.0 Å². The van der Waals surface area contributed by atoms with Gasteiger partial charge in [0.25, 0.3) is 0 Å². The van der Waals surface area contributed by atoms with E-state index in [-0.39, 0.29) is 5.88 Å². The summed E-state index contributed by atoms with van der Waals surface area (Å²) in [6.45, 7) is -2.88. The Morgan fingerprint density at radius 3 is 2.50 bits per heavy atom. The lowest BCUT2D eigenvalue weighted by atomic mass is 10.1. The molecule has 0 saturated carbocycles. The van der Waals surface area contributed by atoms with Crippen LogP contribution in [0.25, 0.3) is 11.1 Å². The number of ether oxygens (including phenoxy) is 1. The largest absolute Gasteiger partial charge is 0.416 e. The van der Waals surface area contributed by atoms with Gasteiger partial charge in [-0.15, -0.1) is 0 Å². The Morgan fingerprint density at radius 1 is 1.06 bits per heavy atom. The third-order valence-electron chi connectivity index (χ3n) is 1.96. The fraction of sp³-hybridized carbons (Fsp3) is 0.0909. The van der Waals surface area contributed by atoms with Gasteiger partial charge in [-0.05, 0) is 29.8 Å². The summed E-state index contributed by atoms with van der Waals surface area (Å²) in [5.41, 5.74) is 1.25. The van der Waals surface area contributed by atoms with E-state index in [1.807, 2.05) is 0 Å². The minimum atomic E-state index is -2.88. The van der Waals surface area contributed by atoms with Crippen LogP contribution in [0.2, 0.25) is 0 Å². The van der Waals surface area contributed by atoms with E-state index in [1.54, 1.807) is 36.7 Å². The van der Waals surface area contributed by atoms with Crippen LogP contribution in [-0.2, 0) is 0 Å². The molecule has 0 aliphatic carbocycles. The second kappa shape index (κ2) is 4.65. The van der Waals surface area contributed by atoms with Gasteiger partial charge >= 0.3 is 6.61 Å². The molecule has 2 rings (SSSR count). The van der Waals surface area contributed by atoms with Crippen LogP contribution in [0.1, 0.15) is 0 Å². The summed E-state index contributed by atoms with van der Waals surface area (Å²) in [5.74, 6) is -0.0799. The normalized spacial score (nSPS) is 10.4. The molecule has 0 saturated heterocycles. The third-order valence-corrected chi connectivity index (χ3v) is 1.96. The van der Waals surface area contributed by atoms with Crippen LogP contribution < -0.4 is 4.74 Å². The fourth-order valence-corrected chi connectivity index (χ4v) is 1.32. The monoisotopic (exact) mass is 222 g/mol. The van der Waals surface area contributed by atoms with E-state index in [4.69, 9.17) is 0 Å². The summed E-state index contributed by atoms with van der Waals surface area (Å²) >= 11 is 0. The molecule has 0 fully saturated rings. The van der Waals surface area contributed by atoms with Crippen LogP contribution >= 0.6 is 0 Å². The SMILES string of the molecule is FC(F)Oc1ncccc1-c1ccncc1. The average molecular weight is 222 g/mol. The Balaban J connectivity index is 2.41. The number of aromatic nitrogens is 2. The highest BCUT2D eigenvalue weighted by Gasteiger charge is 2.11. The van der Waals surface area contributed by atoms with Crippen molar-refractivity contribution in [2.24, 2.45) is 0 Å². The van der Waals surface area contributed by atoms with Gasteiger partial charge in [0, 0.05) is 24.2 Å². The van der Waals surface area contributed by atoms with Crippen LogP contribution in [0.5, 0.6) is 5.88 Å². The zero-order valence-corrected chi connectivity index (χ0v) is 8.18. The Morgan fingerprint density at radius 2 is 1.81 bits per heavy atom. The molecular formula is C11H8F2N2O. The molecule has 16 heavy (non-hydrogen) atoms. The minimum Gasteiger partial charge on any atom is -0.416 e. The second-order valence-electron chi connectivity index (χ2n) is 2.97. The van der Waals surface area contributed by atoms with Crippen molar-refractivity contribution in [3.05, 3.63) is 42.9 Å². The molecule has 3 nitrogen and oxygen atoms in total. The van der Waals surface area contributed by atoms with Gasteiger partial charge in [0.05, 0.1) is 0 Å². The number of hydrogen-bond donors (Lipinski definition) is 0. The van der Waals surface area contributed by atoms with E-state index in [0.29, 0.717) is 5.56 Å². The zero-order valence-electron chi connectivity index (χ0n) is 8.18.